The Bertz CT molecular complexity index is 952. The zero-order valence-electron chi connectivity index (χ0n) is 13.2. The van der Waals surface area contributed by atoms with Gasteiger partial charge < -0.3 is 9.47 Å². The highest BCUT2D eigenvalue weighted by Crippen LogP contribution is 2.35. The van der Waals surface area contributed by atoms with Crippen LogP contribution >= 0.6 is 0 Å². The number of rotatable bonds is 4. The van der Waals surface area contributed by atoms with Crippen LogP contribution < -0.4 is 0 Å². The van der Waals surface area contributed by atoms with Gasteiger partial charge in [0.15, 0.2) is 5.76 Å². The number of carbonyl (C=O) groups excluding carboxylic acids is 1. The molecule has 0 spiro atoms. The van der Waals surface area contributed by atoms with E-state index in [0.29, 0.717) is 12.2 Å². The summed E-state index contributed by atoms with van der Waals surface area (Å²) in [6.07, 6.45) is 1.67. The maximum Gasteiger partial charge on any atom is 0.269 e. The van der Waals surface area contributed by atoms with E-state index in [4.69, 9.17) is 9.47 Å². The minimum absolute atomic E-state index is 0.00957. The van der Waals surface area contributed by atoms with Gasteiger partial charge in [-0.25, -0.2) is 12.7 Å². The average molecular weight is 357 g/mol. The van der Waals surface area contributed by atoms with E-state index < -0.39 is 22.0 Å². The van der Waals surface area contributed by atoms with E-state index in [-0.39, 0.29) is 17.3 Å². The molecule has 6 nitrogen and oxygen atoms in total. The van der Waals surface area contributed by atoms with Crippen molar-refractivity contribution in [1.29, 1.82) is 0 Å². The third-order valence-corrected chi connectivity index (χ3v) is 6.08. The largest absolute Gasteiger partial charge is 0.462 e. The first-order valence-corrected chi connectivity index (χ1v) is 9.19. The number of nitrogens with zero attached hydrogens (tertiary/aromatic N) is 1. The second kappa shape index (κ2) is 5.93. The van der Waals surface area contributed by atoms with Crippen molar-refractivity contribution in [3.8, 4) is 0 Å². The fourth-order valence-electron chi connectivity index (χ4n) is 3.07. The van der Waals surface area contributed by atoms with Crippen molar-refractivity contribution in [2.75, 3.05) is 6.79 Å². The highest BCUT2D eigenvalue weighted by molar-refractivity contribution is 7.90. The van der Waals surface area contributed by atoms with E-state index in [1.807, 2.05) is 30.3 Å². The molecule has 0 saturated heterocycles. The van der Waals surface area contributed by atoms with E-state index >= 15 is 0 Å². The molecule has 2 aromatic carbocycles. The third-order valence-electron chi connectivity index (χ3n) is 4.23. The minimum Gasteiger partial charge on any atom is -0.462 e. The molecule has 0 aliphatic carbocycles. The number of sulfonamides is 1. The van der Waals surface area contributed by atoms with Crippen LogP contribution in [0.25, 0.3) is 0 Å². The summed E-state index contributed by atoms with van der Waals surface area (Å²) in [6, 6.07) is 14.8. The van der Waals surface area contributed by atoms with Gasteiger partial charge in [-0.2, -0.15) is 0 Å². The Kier molecular flexibility index (Phi) is 3.73. The fraction of sp³-hybridized carbons (Fsp3) is 0.167. The molecule has 2 aromatic rings. The third kappa shape index (κ3) is 2.56. The zero-order chi connectivity index (χ0) is 17.4. The molecule has 0 fully saturated rings. The number of hydrogen-bond acceptors (Lipinski definition) is 5. The zero-order valence-corrected chi connectivity index (χ0v) is 14.0. The lowest BCUT2D eigenvalue weighted by molar-refractivity contribution is 0.0620. The van der Waals surface area contributed by atoms with Crippen LogP contribution in [0.15, 0.2) is 71.5 Å². The first kappa shape index (κ1) is 15.7. The van der Waals surface area contributed by atoms with Crippen LogP contribution in [-0.2, 0) is 25.9 Å². The maximum atomic E-state index is 13.0. The molecule has 2 heterocycles. The van der Waals surface area contributed by atoms with Gasteiger partial charge in [0.05, 0.1) is 5.56 Å². The molecule has 2 aliphatic heterocycles. The topological polar surface area (TPSA) is 72.9 Å². The summed E-state index contributed by atoms with van der Waals surface area (Å²) in [5.74, 6) is -0.221. The Labute approximate surface area is 145 Å². The Balaban J connectivity index is 1.79. The van der Waals surface area contributed by atoms with E-state index in [2.05, 4.69) is 0 Å². The van der Waals surface area contributed by atoms with Crippen molar-refractivity contribution in [2.24, 2.45) is 0 Å². The predicted molar refractivity (Wildman–Crippen MR) is 88.9 cm³/mol. The molecule has 25 heavy (non-hydrogen) atoms. The smallest absolute Gasteiger partial charge is 0.269 e. The Morgan fingerprint density at radius 2 is 1.76 bits per heavy atom. The monoisotopic (exact) mass is 357 g/mol. The van der Waals surface area contributed by atoms with Crippen LogP contribution in [0.2, 0.25) is 0 Å². The highest BCUT2D eigenvalue weighted by Gasteiger charge is 2.47. The molecule has 0 bridgehead atoms. The van der Waals surface area contributed by atoms with E-state index in [1.54, 1.807) is 12.1 Å². The Morgan fingerprint density at radius 3 is 2.44 bits per heavy atom. The number of carbonyl (C=O) groups is 1. The second-order valence-corrected chi connectivity index (χ2v) is 7.54. The van der Waals surface area contributed by atoms with Crippen molar-refractivity contribution in [3.05, 3.63) is 77.7 Å². The summed E-state index contributed by atoms with van der Waals surface area (Å²) < 4.78 is 37.4. The second-order valence-electron chi connectivity index (χ2n) is 5.76. The Hall–Kier alpha value is -2.80. The number of amides is 1. The molecule has 1 amide bonds. The number of benzene rings is 2. The average Bonchev–Trinajstić information content (AvgIpc) is 3.22. The normalized spacial score (nSPS) is 19.0. The maximum absolute atomic E-state index is 13.0. The van der Waals surface area contributed by atoms with Crippen LogP contribution in [0.3, 0.4) is 0 Å². The summed E-state index contributed by atoms with van der Waals surface area (Å²) in [7, 11) is -3.94. The molecule has 1 unspecified atom stereocenters. The van der Waals surface area contributed by atoms with Crippen LogP contribution in [-0.4, -0.2) is 31.5 Å². The fourth-order valence-corrected chi connectivity index (χ4v) is 4.80. The van der Waals surface area contributed by atoms with Crippen LogP contribution in [0.4, 0.5) is 0 Å². The summed E-state index contributed by atoms with van der Waals surface area (Å²) in [4.78, 5) is 12.8. The number of hydrogen-bond donors (Lipinski definition) is 0. The van der Waals surface area contributed by atoms with E-state index in [0.717, 1.165) is 9.87 Å². The molecule has 1 atom stereocenters. The number of fused-ring (bicyclic) bond motifs is 1. The molecule has 0 radical (unpaired) electrons. The van der Waals surface area contributed by atoms with Crippen molar-refractivity contribution in [2.45, 2.75) is 17.4 Å². The predicted octanol–water partition coefficient (Wildman–Crippen LogP) is 2.29. The van der Waals surface area contributed by atoms with Gasteiger partial charge in [0.2, 0.25) is 6.79 Å². The molecular weight excluding hydrogens is 342 g/mol. The van der Waals surface area contributed by atoms with Crippen molar-refractivity contribution in [1.82, 2.24) is 4.31 Å². The van der Waals surface area contributed by atoms with Crippen molar-refractivity contribution in [3.63, 3.8) is 0 Å². The van der Waals surface area contributed by atoms with Crippen molar-refractivity contribution >= 4 is 15.9 Å². The lowest BCUT2D eigenvalue weighted by Crippen LogP contribution is -2.42. The molecule has 7 heteroatoms. The van der Waals surface area contributed by atoms with Gasteiger partial charge >= 0.3 is 0 Å². The lowest BCUT2D eigenvalue weighted by Gasteiger charge is -2.26. The van der Waals surface area contributed by atoms with E-state index in [1.165, 1.54) is 18.4 Å². The minimum atomic E-state index is -3.94. The Morgan fingerprint density at radius 1 is 1.04 bits per heavy atom. The number of ether oxygens (including phenoxy) is 2. The van der Waals surface area contributed by atoms with Gasteiger partial charge in [0.1, 0.15) is 17.2 Å². The van der Waals surface area contributed by atoms with Crippen molar-refractivity contribution < 1.29 is 22.7 Å². The standard InChI is InChI=1S/C18H15NO5S/c20-18-14-8-4-5-9-17(14)25(21,22)19(18)15(16-11-23-12-24-16)10-13-6-2-1-3-7-13/h1-9,11,15H,10,12H2. The highest BCUT2D eigenvalue weighted by atomic mass is 32.2. The lowest BCUT2D eigenvalue weighted by atomic mass is 10.0. The van der Waals surface area contributed by atoms with Gasteiger partial charge in [-0.05, 0) is 17.7 Å². The quantitative estimate of drug-likeness (QED) is 0.839. The molecule has 4 rings (SSSR count). The molecule has 0 aromatic heterocycles. The summed E-state index contributed by atoms with van der Waals surface area (Å²) in [6.45, 7) is 0.00957. The van der Waals surface area contributed by atoms with Gasteiger partial charge in [-0.3, -0.25) is 4.79 Å². The van der Waals surface area contributed by atoms with Gasteiger partial charge in [0.25, 0.3) is 15.9 Å². The van der Waals surface area contributed by atoms with Crippen LogP contribution in [0.1, 0.15) is 15.9 Å². The summed E-state index contributed by atoms with van der Waals surface area (Å²) in [5, 5.41) is 0. The molecule has 0 N–H and O–H groups in total. The molecular formula is C18H15NO5S. The van der Waals surface area contributed by atoms with E-state index in [9.17, 15) is 13.2 Å². The van der Waals surface area contributed by atoms with Crippen LogP contribution in [0.5, 0.6) is 0 Å². The first-order chi connectivity index (χ1) is 12.1. The van der Waals surface area contributed by atoms with Gasteiger partial charge in [-0.15, -0.1) is 0 Å². The van der Waals surface area contributed by atoms with Gasteiger partial charge in [-0.1, -0.05) is 42.5 Å². The summed E-state index contributed by atoms with van der Waals surface area (Å²) >= 11 is 0. The first-order valence-electron chi connectivity index (χ1n) is 7.75. The van der Waals surface area contributed by atoms with Crippen LogP contribution in [0, 0.1) is 0 Å². The molecule has 128 valence electrons. The van der Waals surface area contributed by atoms with Gasteiger partial charge in [0, 0.05) is 6.42 Å². The summed E-state index contributed by atoms with van der Waals surface area (Å²) in [5.41, 5.74) is 1.07. The molecule has 2 aliphatic rings. The molecule has 0 saturated carbocycles. The SMILES string of the molecule is O=C1c2ccccc2S(=O)(=O)N1C(Cc1ccccc1)C1=COCO1.